The zero-order valence-electron chi connectivity index (χ0n) is 32.1. The maximum absolute atomic E-state index is 12.9. The average molecular weight is 952 g/mol. The van der Waals surface area contributed by atoms with Gasteiger partial charge in [-0.25, -0.2) is 32.7 Å². The van der Waals surface area contributed by atoms with E-state index in [1.165, 1.54) is 18.5 Å². The van der Waals surface area contributed by atoms with Gasteiger partial charge in [0, 0.05) is 24.2 Å². The van der Waals surface area contributed by atoms with E-state index in [9.17, 15) is 63.8 Å². The van der Waals surface area contributed by atoms with Crippen LogP contribution in [-0.2, 0) is 68.1 Å². The zero-order valence-corrected chi connectivity index (χ0v) is 34.8. The van der Waals surface area contributed by atoms with Gasteiger partial charge in [-0.3, -0.25) is 22.7 Å². The molecule has 12 atom stereocenters. The van der Waals surface area contributed by atoms with E-state index < -0.39 is 121 Å². The molecule has 8 N–H and O–H groups in total. The summed E-state index contributed by atoms with van der Waals surface area (Å²) in [6, 6.07) is 0. The number of ether oxygens (including phenoxy) is 4. The lowest BCUT2D eigenvalue weighted by molar-refractivity contribution is -0.842. The minimum Gasteiger partial charge on any atom is -0.857 e. The maximum Gasteiger partial charge on any atom is 0.478 e. The SMILES string of the molecule is C#CCNc1nc([O-])c2ncn([C@@H]3O[C@H](COP(=O)(O)OP(=O)([O-])OP(=O)(O)OC[C@H]4O[C@](O)([n+]5cn(C)c6c([O-])nc(N)nc65)[C@H](O)[C@@H]4O)[C@H]4O[C@](C)(CCC(=O)[O-])O[C@H]43)c2n1. The number of imidazole rings is 2. The first-order valence-electron chi connectivity index (χ1n) is 17.8. The van der Waals surface area contributed by atoms with Gasteiger partial charge in [0.1, 0.15) is 36.0 Å². The predicted octanol–water partition coefficient (Wildman–Crippen LogP) is -5.74. The molecule has 344 valence electrons. The van der Waals surface area contributed by atoms with E-state index in [0.717, 1.165) is 17.2 Å². The molecule has 0 radical (unpaired) electrons. The highest BCUT2D eigenvalue weighted by atomic mass is 31.3. The molecule has 3 aliphatic heterocycles. The van der Waals surface area contributed by atoms with Crippen molar-refractivity contribution >= 4 is 63.7 Å². The molecule has 34 heteroatoms. The molecule has 0 spiro atoms. The van der Waals surface area contributed by atoms with Gasteiger partial charge in [-0.1, -0.05) is 10.9 Å². The lowest BCUT2D eigenvalue weighted by Crippen LogP contribution is -2.62. The van der Waals surface area contributed by atoms with Crippen LogP contribution < -0.4 is 35.8 Å². The van der Waals surface area contributed by atoms with Crippen molar-refractivity contribution < 1.29 is 105 Å². The Morgan fingerprint density at radius 2 is 1.70 bits per heavy atom. The quantitative estimate of drug-likeness (QED) is 0.0294. The Bertz CT molecular complexity index is 2630. The fourth-order valence-corrected chi connectivity index (χ4v) is 10.3. The van der Waals surface area contributed by atoms with Gasteiger partial charge in [-0.2, -0.15) is 9.55 Å². The highest BCUT2D eigenvalue weighted by molar-refractivity contribution is 7.66. The van der Waals surface area contributed by atoms with Gasteiger partial charge in [0.15, 0.2) is 35.6 Å². The van der Waals surface area contributed by atoms with Gasteiger partial charge in [0.05, 0.1) is 33.1 Å². The normalized spacial score (nSPS) is 31.1. The minimum absolute atomic E-state index is 0.0630. The summed E-state index contributed by atoms with van der Waals surface area (Å²) in [6.07, 6.45) is -5.04. The van der Waals surface area contributed by atoms with Crippen LogP contribution in [-0.4, -0.2) is 127 Å². The number of nitrogen functional groups attached to an aromatic ring is 1. The first kappa shape index (κ1) is 46.5. The van der Waals surface area contributed by atoms with Crippen molar-refractivity contribution in [3.05, 3.63) is 12.7 Å². The molecule has 0 bridgehead atoms. The standard InChI is InChI=1S/C29H37N10O21P3/c1-4-7-31-27-34-21-15(23(44)36-27)32-10-38(21)25-19-18(57-28(2,58-19)6-5-14(40)41)13(55-25)9-54-62(49,50)60-63(51,52)59-61(47,48)53-8-12-17(42)20(43)29(46,56-12)39-11-37(3)16-22(39)33-26(30)35-24(16)45/h1,10-13,17-20,25,42-43,46H,5-9H2,2-3H3,(H8-,30,31,33,34,35,36,40,41,44,45,47,48,49,50,51,52)/p-3/t12-,13-,17-,18-,19-,20-,25-,28+,29+/m1/s1. The summed E-state index contributed by atoms with van der Waals surface area (Å²) in [5.74, 6) is -6.17. The van der Waals surface area contributed by atoms with Crippen LogP contribution in [0.25, 0.3) is 22.3 Å². The Labute approximate surface area is 351 Å². The van der Waals surface area contributed by atoms with Gasteiger partial charge in [-0.15, -0.1) is 6.42 Å². The smallest absolute Gasteiger partial charge is 0.478 e. The molecular weight excluding hydrogens is 917 g/mol. The van der Waals surface area contributed by atoms with Gasteiger partial charge < -0.3 is 80.1 Å². The van der Waals surface area contributed by atoms with Gasteiger partial charge in [-0.05, 0) is 13.3 Å². The fourth-order valence-electron chi connectivity index (χ4n) is 6.88. The Kier molecular flexibility index (Phi) is 12.4. The molecule has 63 heavy (non-hydrogen) atoms. The van der Waals surface area contributed by atoms with Crippen molar-refractivity contribution in [2.45, 2.75) is 74.3 Å². The van der Waals surface area contributed by atoms with E-state index >= 15 is 0 Å². The Morgan fingerprint density at radius 3 is 2.35 bits per heavy atom. The first-order valence-corrected chi connectivity index (χ1v) is 22.3. The van der Waals surface area contributed by atoms with E-state index in [1.807, 2.05) is 0 Å². The molecule has 7 heterocycles. The molecule has 0 aliphatic carbocycles. The second-order valence-corrected chi connectivity index (χ2v) is 18.6. The number of nitrogens with two attached hydrogens (primary N) is 1. The van der Waals surface area contributed by atoms with Crippen molar-refractivity contribution in [3.8, 4) is 24.1 Å². The number of aromatic nitrogens is 8. The number of rotatable bonds is 17. The summed E-state index contributed by atoms with van der Waals surface area (Å²) in [5, 5.41) is 71.5. The van der Waals surface area contributed by atoms with Gasteiger partial charge in [0.25, 0.3) is 13.8 Å². The zero-order chi connectivity index (χ0) is 46.0. The summed E-state index contributed by atoms with van der Waals surface area (Å²) < 4.78 is 82.0. The van der Waals surface area contributed by atoms with Crippen LogP contribution in [0.1, 0.15) is 26.0 Å². The Hall–Kier alpha value is -4.54. The highest BCUT2D eigenvalue weighted by Gasteiger charge is 2.60. The highest BCUT2D eigenvalue weighted by Crippen LogP contribution is 2.66. The third-order valence-corrected chi connectivity index (χ3v) is 13.7. The molecule has 7 rings (SSSR count). The molecule has 0 amide bonds. The molecule has 4 aromatic rings. The number of terminal acetylenes is 1. The number of aliphatic carboxylic acids is 1. The molecule has 3 fully saturated rings. The van der Waals surface area contributed by atoms with Crippen molar-refractivity contribution in [2.24, 2.45) is 7.05 Å². The first-order chi connectivity index (χ1) is 29.3. The molecule has 3 saturated heterocycles. The largest absolute Gasteiger partial charge is 0.857 e. The molecule has 3 unspecified atom stereocenters. The molecular formula is C29H34N10O21P3-3. The van der Waals surface area contributed by atoms with Crippen molar-refractivity contribution in [1.29, 1.82) is 0 Å². The minimum atomic E-state index is -6.37. The molecule has 4 aromatic heterocycles. The number of nitrogens with one attached hydrogen (secondary N) is 1. The number of anilines is 2. The predicted molar refractivity (Wildman–Crippen MR) is 189 cm³/mol. The summed E-state index contributed by atoms with van der Waals surface area (Å²) >= 11 is 0. The number of aliphatic hydroxyl groups excluding tert-OH is 2. The molecule has 31 nitrogen and oxygen atoms in total. The number of aryl methyl sites for hydroxylation is 1. The van der Waals surface area contributed by atoms with Crippen LogP contribution in [0.4, 0.5) is 11.9 Å². The van der Waals surface area contributed by atoms with Crippen LogP contribution in [0, 0.1) is 12.3 Å². The summed E-state index contributed by atoms with van der Waals surface area (Å²) in [7, 11) is -16.8. The molecule has 0 aromatic carbocycles. The number of carbonyl (C=O) groups is 1. The fraction of sp³-hybridized carbons (Fsp3) is 0.552. The monoisotopic (exact) mass is 951 g/mol. The number of carboxylic acids is 1. The van der Waals surface area contributed by atoms with Crippen molar-refractivity contribution in [2.75, 3.05) is 30.8 Å². The third kappa shape index (κ3) is 9.35. The number of fused-ring (bicyclic) bond motifs is 3. The van der Waals surface area contributed by atoms with Crippen LogP contribution in [0.3, 0.4) is 0 Å². The van der Waals surface area contributed by atoms with E-state index in [1.54, 1.807) is 0 Å². The number of phosphoric ester groups is 2. The number of aliphatic hydroxyl groups is 3. The summed E-state index contributed by atoms with van der Waals surface area (Å²) in [5.41, 5.74) is 4.61. The number of hydrogen-bond acceptors (Lipinski definition) is 26. The lowest BCUT2D eigenvalue weighted by atomic mass is 10.1. The van der Waals surface area contributed by atoms with Gasteiger partial charge >= 0.3 is 27.2 Å². The van der Waals surface area contributed by atoms with E-state index in [-0.39, 0.29) is 41.2 Å². The van der Waals surface area contributed by atoms with Crippen LogP contribution in [0.2, 0.25) is 0 Å². The molecule has 3 aliphatic rings. The van der Waals surface area contributed by atoms with Crippen LogP contribution >= 0.6 is 23.5 Å². The second-order valence-electron chi connectivity index (χ2n) is 14.0. The van der Waals surface area contributed by atoms with Crippen molar-refractivity contribution in [1.82, 2.24) is 34.1 Å². The summed E-state index contributed by atoms with van der Waals surface area (Å²) in [4.78, 5) is 63.7. The number of nitrogens with zero attached hydrogens (tertiary/aromatic N) is 8. The Morgan fingerprint density at radius 1 is 1.05 bits per heavy atom. The van der Waals surface area contributed by atoms with E-state index in [4.69, 9.17) is 35.6 Å². The average Bonchev–Trinajstić information content (AvgIpc) is 3.96. The third-order valence-electron chi connectivity index (χ3n) is 9.54. The lowest BCUT2D eigenvalue weighted by Gasteiger charge is -2.29. The van der Waals surface area contributed by atoms with E-state index in [2.05, 4.69) is 49.3 Å². The Balaban J connectivity index is 1.01. The van der Waals surface area contributed by atoms with Crippen LogP contribution in [0.15, 0.2) is 12.7 Å². The number of carbonyl (C=O) groups excluding carboxylic acids is 1. The van der Waals surface area contributed by atoms with Crippen molar-refractivity contribution in [3.63, 3.8) is 0 Å². The maximum atomic E-state index is 12.9. The molecule has 0 saturated carbocycles. The number of carboxylic acid groups (broad SMARTS) is 1. The van der Waals surface area contributed by atoms with Crippen LogP contribution in [0.5, 0.6) is 11.8 Å². The number of hydrogen-bond donors (Lipinski definition) is 7. The number of phosphoric acid groups is 3. The van der Waals surface area contributed by atoms with E-state index in [0.29, 0.717) is 4.57 Å². The summed E-state index contributed by atoms with van der Waals surface area (Å²) in [6.45, 7) is -1.04. The topological polar surface area (TPSA) is 452 Å². The van der Waals surface area contributed by atoms with Gasteiger partial charge in [0.2, 0.25) is 5.95 Å². The second kappa shape index (κ2) is 16.8.